The van der Waals surface area contributed by atoms with E-state index in [9.17, 15) is 4.79 Å². The fourth-order valence-corrected chi connectivity index (χ4v) is 1.31. The van der Waals surface area contributed by atoms with E-state index < -0.39 is 0 Å². The van der Waals surface area contributed by atoms with Gasteiger partial charge >= 0.3 is 5.97 Å². The lowest BCUT2D eigenvalue weighted by molar-refractivity contribution is -0.149. The van der Waals surface area contributed by atoms with Crippen molar-refractivity contribution in [1.82, 2.24) is 0 Å². The van der Waals surface area contributed by atoms with E-state index in [1.807, 2.05) is 19.1 Å². The largest absolute Gasteiger partial charge is 0.482 e. The summed E-state index contributed by atoms with van der Waals surface area (Å²) in [6, 6.07) is 7.35. The van der Waals surface area contributed by atoms with Crippen molar-refractivity contribution in [2.24, 2.45) is 5.73 Å². The molecule has 0 saturated carbocycles. The third-order valence-electron chi connectivity index (χ3n) is 2.13. The Balaban J connectivity index is 2.44. The summed E-state index contributed by atoms with van der Waals surface area (Å²) in [5.41, 5.74) is 6.76. The summed E-state index contributed by atoms with van der Waals surface area (Å²) in [5.74, 6) is 0.270. The second kappa shape index (κ2) is 6.25. The first kappa shape index (κ1) is 13.5. The van der Waals surface area contributed by atoms with Crippen LogP contribution in [-0.4, -0.2) is 18.7 Å². The minimum Gasteiger partial charge on any atom is -0.482 e. The standard InChI is InChI=1S/C13H19NO3/c1-9(2)17-13(15)8-16-12-6-4-11(5-7-12)10(3)14/h4-7,9-10H,8,14H2,1-3H3/t10-/m0/s1. The number of benzene rings is 1. The lowest BCUT2D eigenvalue weighted by Crippen LogP contribution is -2.18. The van der Waals surface area contributed by atoms with Crippen LogP contribution in [0.1, 0.15) is 32.4 Å². The lowest BCUT2D eigenvalue weighted by atomic mass is 10.1. The van der Waals surface area contributed by atoms with Crippen molar-refractivity contribution in [3.05, 3.63) is 29.8 Å². The molecule has 0 radical (unpaired) electrons. The molecule has 0 aliphatic rings. The second-order valence-electron chi connectivity index (χ2n) is 4.19. The topological polar surface area (TPSA) is 61.5 Å². The molecular formula is C13H19NO3. The summed E-state index contributed by atoms with van der Waals surface area (Å²) in [6.45, 7) is 5.44. The maximum atomic E-state index is 11.2. The summed E-state index contributed by atoms with van der Waals surface area (Å²) in [5, 5.41) is 0. The van der Waals surface area contributed by atoms with Crippen molar-refractivity contribution in [1.29, 1.82) is 0 Å². The summed E-state index contributed by atoms with van der Waals surface area (Å²) in [6.07, 6.45) is -0.119. The molecular weight excluding hydrogens is 218 g/mol. The monoisotopic (exact) mass is 237 g/mol. The predicted octanol–water partition coefficient (Wildman–Crippen LogP) is 2.04. The first-order chi connectivity index (χ1) is 7.99. The normalized spacial score (nSPS) is 12.3. The van der Waals surface area contributed by atoms with Crippen molar-refractivity contribution in [3.63, 3.8) is 0 Å². The zero-order valence-electron chi connectivity index (χ0n) is 10.5. The predicted molar refractivity (Wildman–Crippen MR) is 65.8 cm³/mol. The van der Waals surface area contributed by atoms with Gasteiger partial charge in [-0.2, -0.15) is 0 Å². The second-order valence-corrected chi connectivity index (χ2v) is 4.19. The minimum atomic E-state index is -0.365. The molecule has 1 aromatic rings. The van der Waals surface area contributed by atoms with Crippen LogP contribution in [0.3, 0.4) is 0 Å². The van der Waals surface area contributed by atoms with Gasteiger partial charge in [0, 0.05) is 6.04 Å². The molecule has 0 amide bonds. The molecule has 94 valence electrons. The summed E-state index contributed by atoms with van der Waals surface area (Å²) >= 11 is 0. The van der Waals surface area contributed by atoms with Gasteiger partial charge in [-0.15, -0.1) is 0 Å². The van der Waals surface area contributed by atoms with Crippen molar-refractivity contribution < 1.29 is 14.3 Å². The van der Waals surface area contributed by atoms with Crippen molar-refractivity contribution in [2.75, 3.05) is 6.61 Å². The highest BCUT2D eigenvalue weighted by Gasteiger charge is 2.06. The van der Waals surface area contributed by atoms with E-state index in [-0.39, 0.29) is 24.7 Å². The number of ether oxygens (including phenoxy) is 2. The molecule has 17 heavy (non-hydrogen) atoms. The van der Waals surface area contributed by atoms with Crippen LogP contribution in [0.4, 0.5) is 0 Å². The van der Waals surface area contributed by atoms with Gasteiger partial charge in [0.1, 0.15) is 5.75 Å². The third-order valence-corrected chi connectivity index (χ3v) is 2.13. The van der Waals surface area contributed by atoms with Crippen molar-refractivity contribution in [3.8, 4) is 5.75 Å². The quantitative estimate of drug-likeness (QED) is 0.796. The Morgan fingerprint density at radius 1 is 1.24 bits per heavy atom. The molecule has 0 aromatic heterocycles. The molecule has 0 fully saturated rings. The van der Waals surface area contributed by atoms with Crippen molar-refractivity contribution in [2.45, 2.75) is 32.9 Å². The smallest absolute Gasteiger partial charge is 0.344 e. The molecule has 0 aliphatic heterocycles. The van der Waals surface area contributed by atoms with Gasteiger partial charge < -0.3 is 15.2 Å². The Morgan fingerprint density at radius 3 is 2.29 bits per heavy atom. The highest BCUT2D eigenvalue weighted by Crippen LogP contribution is 2.15. The number of esters is 1. The number of carbonyl (C=O) groups is 1. The molecule has 0 aliphatic carbocycles. The Kier molecular flexibility index (Phi) is 4.97. The van der Waals surface area contributed by atoms with Gasteiger partial charge in [-0.1, -0.05) is 12.1 Å². The zero-order chi connectivity index (χ0) is 12.8. The first-order valence-corrected chi connectivity index (χ1v) is 5.67. The highest BCUT2D eigenvalue weighted by molar-refractivity contribution is 5.71. The Labute approximate surface area is 102 Å². The Hall–Kier alpha value is -1.55. The van der Waals surface area contributed by atoms with E-state index in [0.29, 0.717) is 5.75 Å². The van der Waals surface area contributed by atoms with Crippen LogP contribution >= 0.6 is 0 Å². The van der Waals surface area contributed by atoms with Crippen LogP contribution < -0.4 is 10.5 Å². The van der Waals surface area contributed by atoms with Crippen LogP contribution in [0.2, 0.25) is 0 Å². The molecule has 4 heteroatoms. The zero-order valence-corrected chi connectivity index (χ0v) is 10.5. The van der Waals surface area contributed by atoms with Crippen LogP contribution in [0, 0.1) is 0 Å². The molecule has 0 saturated heterocycles. The molecule has 0 heterocycles. The molecule has 0 bridgehead atoms. The number of carbonyl (C=O) groups excluding carboxylic acids is 1. The average molecular weight is 237 g/mol. The van der Waals surface area contributed by atoms with E-state index in [4.69, 9.17) is 15.2 Å². The van der Waals surface area contributed by atoms with Crippen molar-refractivity contribution >= 4 is 5.97 Å². The van der Waals surface area contributed by atoms with Gasteiger partial charge in [0.25, 0.3) is 0 Å². The van der Waals surface area contributed by atoms with Gasteiger partial charge in [0.05, 0.1) is 6.10 Å². The van der Waals surface area contributed by atoms with E-state index in [1.165, 1.54) is 0 Å². The van der Waals surface area contributed by atoms with Gasteiger partial charge in [0.15, 0.2) is 6.61 Å². The van der Waals surface area contributed by atoms with E-state index >= 15 is 0 Å². The van der Waals surface area contributed by atoms with Crippen LogP contribution in [0.15, 0.2) is 24.3 Å². The van der Waals surface area contributed by atoms with Gasteiger partial charge in [-0.05, 0) is 38.5 Å². The van der Waals surface area contributed by atoms with Gasteiger partial charge in [-0.25, -0.2) is 4.79 Å². The summed E-state index contributed by atoms with van der Waals surface area (Å²) in [4.78, 5) is 11.2. The Bertz CT molecular complexity index is 357. The number of hydrogen-bond acceptors (Lipinski definition) is 4. The van der Waals surface area contributed by atoms with E-state index in [1.54, 1.807) is 26.0 Å². The molecule has 0 unspecified atom stereocenters. The summed E-state index contributed by atoms with van der Waals surface area (Å²) in [7, 11) is 0. The van der Waals surface area contributed by atoms with Gasteiger partial charge in [0.2, 0.25) is 0 Å². The van der Waals surface area contributed by atoms with Crippen LogP contribution in [0.5, 0.6) is 5.75 Å². The maximum absolute atomic E-state index is 11.2. The highest BCUT2D eigenvalue weighted by atomic mass is 16.6. The fourth-order valence-electron chi connectivity index (χ4n) is 1.31. The average Bonchev–Trinajstić information content (AvgIpc) is 2.26. The first-order valence-electron chi connectivity index (χ1n) is 5.67. The molecule has 4 nitrogen and oxygen atoms in total. The van der Waals surface area contributed by atoms with Gasteiger partial charge in [-0.3, -0.25) is 0 Å². The van der Waals surface area contributed by atoms with Crippen LogP contribution in [-0.2, 0) is 9.53 Å². The fraction of sp³-hybridized carbons (Fsp3) is 0.462. The summed E-state index contributed by atoms with van der Waals surface area (Å²) < 4.78 is 10.2. The minimum absolute atomic E-state index is 0.00467. The third kappa shape index (κ3) is 4.87. The number of nitrogens with two attached hydrogens (primary N) is 1. The number of hydrogen-bond donors (Lipinski definition) is 1. The van der Waals surface area contributed by atoms with E-state index in [2.05, 4.69) is 0 Å². The molecule has 2 N–H and O–H groups in total. The maximum Gasteiger partial charge on any atom is 0.344 e. The van der Waals surface area contributed by atoms with E-state index in [0.717, 1.165) is 5.56 Å². The molecule has 1 atom stereocenters. The SMILES string of the molecule is CC(C)OC(=O)COc1ccc([C@H](C)N)cc1. The lowest BCUT2D eigenvalue weighted by Gasteiger charge is -2.10. The number of rotatable bonds is 5. The van der Waals surface area contributed by atoms with Crippen LogP contribution in [0.25, 0.3) is 0 Å². The molecule has 0 spiro atoms. The Morgan fingerprint density at radius 2 is 1.82 bits per heavy atom. The molecule has 1 aromatic carbocycles. The molecule has 1 rings (SSSR count).